The first-order valence-corrected chi connectivity index (χ1v) is 11.9. The van der Waals surface area contributed by atoms with E-state index in [2.05, 4.69) is 0 Å². The molecule has 0 radical (unpaired) electrons. The van der Waals surface area contributed by atoms with Crippen LogP contribution < -0.4 is 9.46 Å². The molecule has 1 amide bonds. The number of carbonyl (C=O) groups excluding carboxylic acids is 1. The lowest BCUT2D eigenvalue weighted by Gasteiger charge is -2.14. The minimum absolute atomic E-state index is 0.210. The number of hydrogen-bond acceptors (Lipinski definition) is 6. The van der Waals surface area contributed by atoms with Crippen molar-refractivity contribution in [2.45, 2.75) is 31.6 Å². The predicted octanol–water partition coefficient (Wildman–Crippen LogP) is 4.73. The number of rotatable bonds is 9. The number of hydrogen-bond donors (Lipinski definition) is 1. The molecule has 0 spiro atoms. The van der Waals surface area contributed by atoms with Crippen LogP contribution in [0.25, 0.3) is 11.1 Å². The largest absolute Gasteiger partial charge is 0.493 e. The van der Waals surface area contributed by atoms with Crippen LogP contribution in [0, 0.1) is 10.1 Å². The van der Waals surface area contributed by atoms with Gasteiger partial charge in [0.15, 0.2) is 0 Å². The van der Waals surface area contributed by atoms with E-state index in [1.807, 2.05) is 48.9 Å². The summed E-state index contributed by atoms with van der Waals surface area (Å²) in [5, 5.41) is 11.0. The molecule has 0 aliphatic rings. The average molecular weight is 469 g/mol. The lowest BCUT2D eigenvalue weighted by molar-refractivity contribution is -0.385. The number of aryl methyl sites for hydroxylation is 1. The van der Waals surface area contributed by atoms with Gasteiger partial charge < -0.3 is 4.74 Å². The number of sulfonamides is 1. The molecule has 3 aromatic carbocycles. The number of amides is 1. The molecule has 0 aliphatic carbocycles. The Morgan fingerprint density at radius 3 is 2.48 bits per heavy atom. The maximum Gasteiger partial charge on any atom is 0.270 e. The maximum absolute atomic E-state index is 12.8. The summed E-state index contributed by atoms with van der Waals surface area (Å²) >= 11 is 0. The molecule has 0 saturated carbocycles. The van der Waals surface area contributed by atoms with Crippen LogP contribution in [0.1, 0.15) is 36.2 Å². The fourth-order valence-corrected chi connectivity index (χ4v) is 4.32. The van der Waals surface area contributed by atoms with E-state index >= 15 is 0 Å². The van der Waals surface area contributed by atoms with E-state index in [0.717, 1.165) is 29.4 Å². The van der Waals surface area contributed by atoms with Gasteiger partial charge in [-0.15, -0.1) is 0 Å². The summed E-state index contributed by atoms with van der Waals surface area (Å²) in [5.74, 6) is -0.0766. The van der Waals surface area contributed by atoms with Crippen molar-refractivity contribution in [3.05, 3.63) is 88.0 Å². The second-order valence-electron chi connectivity index (χ2n) is 7.26. The van der Waals surface area contributed by atoms with Crippen molar-refractivity contribution in [3.8, 4) is 16.9 Å². The average Bonchev–Trinajstić information content (AvgIpc) is 2.82. The van der Waals surface area contributed by atoms with Crippen LogP contribution in [0.4, 0.5) is 5.69 Å². The van der Waals surface area contributed by atoms with Gasteiger partial charge in [-0.25, -0.2) is 13.1 Å². The van der Waals surface area contributed by atoms with Crippen LogP contribution in [0.5, 0.6) is 5.75 Å². The van der Waals surface area contributed by atoms with Gasteiger partial charge in [0.25, 0.3) is 21.6 Å². The van der Waals surface area contributed by atoms with Crippen LogP contribution >= 0.6 is 0 Å². The van der Waals surface area contributed by atoms with Gasteiger partial charge in [0, 0.05) is 23.3 Å². The van der Waals surface area contributed by atoms with Crippen molar-refractivity contribution in [1.82, 2.24) is 4.72 Å². The molecule has 1 N–H and O–H groups in total. The Labute approximate surface area is 192 Å². The van der Waals surface area contributed by atoms with Crippen molar-refractivity contribution >= 4 is 21.6 Å². The number of nitrogens with one attached hydrogen (secondary N) is 1. The third-order valence-electron chi connectivity index (χ3n) is 4.96. The lowest BCUT2D eigenvalue weighted by atomic mass is 9.97. The first kappa shape index (κ1) is 23.9. The summed E-state index contributed by atoms with van der Waals surface area (Å²) in [6.07, 6.45) is 1.36. The molecular weight excluding hydrogens is 444 g/mol. The standard InChI is InChI=1S/C24H24N2O6S/c1-3-14-32-23-11-6-5-10-21(23)18-12-13-22(17(4-2)15-18)24(27)25-33(30,31)20-9-7-8-19(16-20)26(28)29/h5-13,15-16H,3-4,14H2,1-2H3,(H,25,27). The summed E-state index contributed by atoms with van der Waals surface area (Å²) in [6, 6.07) is 17.3. The minimum atomic E-state index is -4.29. The molecule has 3 aromatic rings. The maximum atomic E-state index is 12.8. The third kappa shape index (κ3) is 5.56. The molecular formula is C24H24N2O6S. The Kier molecular flexibility index (Phi) is 7.44. The second-order valence-corrected chi connectivity index (χ2v) is 8.94. The highest BCUT2D eigenvalue weighted by Crippen LogP contribution is 2.31. The third-order valence-corrected chi connectivity index (χ3v) is 6.28. The minimum Gasteiger partial charge on any atom is -0.493 e. The van der Waals surface area contributed by atoms with Gasteiger partial charge in [-0.3, -0.25) is 14.9 Å². The molecule has 0 fully saturated rings. The fraction of sp³-hybridized carbons (Fsp3) is 0.208. The molecule has 3 rings (SSSR count). The number of carbonyl (C=O) groups is 1. The summed E-state index contributed by atoms with van der Waals surface area (Å²) < 4.78 is 33.1. The molecule has 0 aliphatic heterocycles. The number of benzene rings is 3. The Hall–Kier alpha value is -3.72. The molecule has 0 saturated heterocycles. The van der Waals surface area contributed by atoms with Crippen molar-refractivity contribution in [2.24, 2.45) is 0 Å². The quantitative estimate of drug-likeness (QED) is 0.358. The van der Waals surface area contributed by atoms with Gasteiger partial charge in [0.2, 0.25) is 0 Å². The predicted molar refractivity (Wildman–Crippen MR) is 125 cm³/mol. The highest BCUT2D eigenvalue weighted by molar-refractivity contribution is 7.90. The van der Waals surface area contributed by atoms with E-state index < -0.39 is 20.9 Å². The highest BCUT2D eigenvalue weighted by Gasteiger charge is 2.22. The van der Waals surface area contributed by atoms with E-state index in [-0.39, 0.29) is 16.1 Å². The number of non-ortho nitro benzene ring substituents is 1. The van der Waals surface area contributed by atoms with Crippen LogP contribution in [-0.4, -0.2) is 25.9 Å². The highest BCUT2D eigenvalue weighted by atomic mass is 32.2. The van der Waals surface area contributed by atoms with Gasteiger partial charge in [0.1, 0.15) is 5.75 Å². The zero-order chi connectivity index (χ0) is 24.0. The monoisotopic (exact) mass is 468 g/mol. The van der Waals surface area contributed by atoms with E-state index in [1.54, 1.807) is 12.1 Å². The summed E-state index contributed by atoms with van der Waals surface area (Å²) in [5.41, 5.74) is 2.20. The zero-order valence-electron chi connectivity index (χ0n) is 18.3. The number of nitro benzene ring substituents is 1. The molecule has 33 heavy (non-hydrogen) atoms. The van der Waals surface area contributed by atoms with Crippen molar-refractivity contribution in [1.29, 1.82) is 0 Å². The number of nitrogens with zero attached hydrogens (tertiary/aromatic N) is 1. The Morgan fingerprint density at radius 1 is 1.03 bits per heavy atom. The van der Waals surface area contributed by atoms with Gasteiger partial charge in [-0.2, -0.15) is 0 Å². The second kappa shape index (κ2) is 10.3. The topological polar surface area (TPSA) is 116 Å². The number of nitro groups is 1. The first-order chi connectivity index (χ1) is 15.8. The Morgan fingerprint density at radius 2 is 1.79 bits per heavy atom. The summed E-state index contributed by atoms with van der Waals surface area (Å²) in [7, 11) is -4.29. The fourth-order valence-electron chi connectivity index (χ4n) is 3.32. The van der Waals surface area contributed by atoms with Crippen LogP contribution in [0.15, 0.2) is 71.6 Å². The molecule has 172 valence electrons. The Bertz CT molecular complexity index is 1290. The number of para-hydroxylation sites is 1. The summed E-state index contributed by atoms with van der Waals surface area (Å²) in [4.78, 5) is 22.7. The number of ether oxygens (including phenoxy) is 1. The van der Waals surface area contributed by atoms with Crippen LogP contribution in [-0.2, 0) is 16.4 Å². The molecule has 0 bridgehead atoms. The smallest absolute Gasteiger partial charge is 0.270 e. The van der Waals surface area contributed by atoms with Gasteiger partial charge in [0.05, 0.1) is 16.4 Å². The zero-order valence-corrected chi connectivity index (χ0v) is 19.1. The van der Waals surface area contributed by atoms with Gasteiger partial charge in [-0.1, -0.05) is 50.2 Å². The first-order valence-electron chi connectivity index (χ1n) is 10.4. The molecule has 0 atom stereocenters. The Balaban J connectivity index is 1.91. The van der Waals surface area contributed by atoms with Crippen molar-refractivity contribution < 1.29 is 22.9 Å². The lowest BCUT2D eigenvalue weighted by Crippen LogP contribution is -2.31. The van der Waals surface area contributed by atoms with Crippen molar-refractivity contribution in [3.63, 3.8) is 0 Å². The van der Waals surface area contributed by atoms with E-state index in [9.17, 15) is 23.3 Å². The van der Waals surface area contributed by atoms with Crippen LogP contribution in [0.3, 0.4) is 0 Å². The molecule has 0 unspecified atom stereocenters. The van der Waals surface area contributed by atoms with Gasteiger partial charge in [-0.05, 0) is 42.2 Å². The SMILES string of the molecule is CCCOc1ccccc1-c1ccc(C(=O)NS(=O)(=O)c2cccc([N+](=O)[O-])c2)c(CC)c1. The van der Waals surface area contributed by atoms with Gasteiger partial charge >= 0.3 is 0 Å². The van der Waals surface area contributed by atoms with E-state index in [1.165, 1.54) is 18.2 Å². The van der Waals surface area contributed by atoms with Crippen molar-refractivity contribution in [2.75, 3.05) is 6.61 Å². The van der Waals surface area contributed by atoms with E-state index in [0.29, 0.717) is 18.6 Å². The van der Waals surface area contributed by atoms with Crippen LogP contribution in [0.2, 0.25) is 0 Å². The molecule has 0 heterocycles. The molecule has 0 aromatic heterocycles. The molecule has 9 heteroatoms. The molecule has 8 nitrogen and oxygen atoms in total. The summed E-state index contributed by atoms with van der Waals surface area (Å²) in [6.45, 7) is 4.46. The van der Waals surface area contributed by atoms with E-state index in [4.69, 9.17) is 4.74 Å². The normalized spacial score (nSPS) is 11.1.